The van der Waals surface area contributed by atoms with Gasteiger partial charge in [-0.3, -0.25) is 4.79 Å². The molecule has 0 saturated heterocycles. The second-order valence-electron chi connectivity index (χ2n) is 6.73. The van der Waals surface area contributed by atoms with Crippen LogP contribution in [0.2, 0.25) is 0 Å². The number of hydrogen-bond donors (Lipinski definition) is 1. The number of esters is 1. The zero-order chi connectivity index (χ0) is 16.8. The lowest BCUT2D eigenvalue weighted by atomic mass is 9.83. The Labute approximate surface area is 135 Å². The second kappa shape index (κ2) is 5.41. The molecule has 0 aliphatic carbocycles. The Morgan fingerprint density at radius 1 is 1.30 bits per heavy atom. The maximum absolute atomic E-state index is 12.3. The number of rotatable bonds is 3. The summed E-state index contributed by atoms with van der Waals surface area (Å²) in [6, 6.07) is 7.57. The van der Waals surface area contributed by atoms with E-state index in [-0.39, 0.29) is 30.3 Å². The van der Waals surface area contributed by atoms with Crippen molar-refractivity contribution in [2.24, 2.45) is 0 Å². The third kappa shape index (κ3) is 2.83. The average molecular weight is 315 g/mol. The minimum Gasteiger partial charge on any atom is -0.491 e. The fourth-order valence-electron chi connectivity index (χ4n) is 3.14. The Hall–Kier alpha value is -2.30. The molecule has 0 bridgehead atoms. The highest BCUT2D eigenvalue weighted by Gasteiger charge is 2.47. The molecule has 5 heteroatoms. The van der Waals surface area contributed by atoms with Crippen molar-refractivity contribution in [3.05, 3.63) is 41.1 Å². The molecule has 1 amide bonds. The Bertz CT molecular complexity index is 703. The van der Waals surface area contributed by atoms with Crippen LogP contribution in [0, 0.1) is 0 Å². The van der Waals surface area contributed by atoms with Gasteiger partial charge in [0.15, 0.2) is 0 Å². The minimum atomic E-state index is -0.799. The van der Waals surface area contributed by atoms with Crippen molar-refractivity contribution in [1.29, 1.82) is 0 Å². The van der Waals surface area contributed by atoms with E-state index in [9.17, 15) is 9.59 Å². The van der Waals surface area contributed by atoms with E-state index in [0.717, 1.165) is 11.3 Å². The van der Waals surface area contributed by atoms with Gasteiger partial charge in [0.2, 0.25) is 5.91 Å². The number of cyclic esters (lactones) is 1. The van der Waals surface area contributed by atoms with E-state index < -0.39 is 5.60 Å². The predicted octanol–water partition coefficient (Wildman–Crippen LogP) is 2.67. The van der Waals surface area contributed by atoms with Crippen LogP contribution in [0.5, 0.6) is 5.75 Å². The smallest absolute Gasteiger partial charge is 0.337 e. The first-order valence-electron chi connectivity index (χ1n) is 7.82. The highest BCUT2D eigenvalue weighted by atomic mass is 16.6. The lowest BCUT2D eigenvalue weighted by Gasteiger charge is -2.27. The molecule has 0 radical (unpaired) electrons. The van der Waals surface area contributed by atoms with E-state index in [1.54, 1.807) is 13.8 Å². The molecule has 2 aliphatic rings. The van der Waals surface area contributed by atoms with Crippen LogP contribution in [0.25, 0.3) is 0 Å². The quantitative estimate of drug-likeness (QED) is 0.871. The summed E-state index contributed by atoms with van der Waals surface area (Å²) >= 11 is 0. The van der Waals surface area contributed by atoms with E-state index in [1.165, 1.54) is 0 Å². The van der Waals surface area contributed by atoms with Crippen molar-refractivity contribution < 1.29 is 19.1 Å². The topological polar surface area (TPSA) is 64.6 Å². The van der Waals surface area contributed by atoms with Gasteiger partial charge in [0.25, 0.3) is 0 Å². The summed E-state index contributed by atoms with van der Waals surface area (Å²) in [5.74, 6) is -0.0273. The first kappa shape index (κ1) is 15.6. The third-order valence-electron chi connectivity index (χ3n) is 4.07. The number of carbonyl (C=O) groups excluding carboxylic acids is 2. The lowest BCUT2D eigenvalue weighted by Crippen LogP contribution is -2.38. The molecule has 2 heterocycles. The molecule has 0 fully saturated rings. The Balaban J connectivity index is 2.03. The molecule has 1 atom stereocenters. The molecule has 23 heavy (non-hydrogen) atoms. The van der Waals surface area contributed by atoms with Crippen molar-refractivity contribution in [3.8, 4) is 5.75 Å². The van der Waals surface area contributed by atoms with Crippen LogP contribution >= 0.6 is 0 Å². The summed E-state index contributed by atoms with van der Waals surface area (Å²) < 4.78 is 11.2. The maximum Gasteiger partial charge on any atom is 0.337 e. The van der Waals surface area contributed by atoms with Crippen LogP contribution in [0.3, 0.4) is 0 Å². The standard InChI is InChI=1S/C18H21NO4/c1-10(2)22-12-7-5-6-11(8-12)13-9-14(20)19-16-15(13)17(21)23-18(16,3)4/h5-8,10,13H,9H2,1-4H3,(H,19,20). The molecule has 122 valence electrons. The van der Waals surface area contributed by atoms with E-state index in [4.69, 9.17) is 9.47 Å². The molecule has 2 aliphatic heterocycles. The highest BCUT2D eigenvalue weighted by molar-refractivity contribution is 5.99. The zero-order valence-corrected chi connectivity index (χ0v) is 13.8. The number of hydrogen-bond acceptors (Lipinski definition) is 4. The number of nitrogens with one attached hydrogen (secondary N) is 1. The largest absolute Gasteiger partial charge is 0.491 e. The van der Waals surface area contributed by atoms with Gasteiger partial charge in [-0.1, -0.05) is 12.1 Å². The summed E-state index contributed by atoms with van der Waals surface area (Å²) in [7, 11) is 0. The van der Waals surface area contributed by atoms with Gasteiger partial charge >= 0.3 is 5.97 Å². The van der Waals surface area contributed by atoms with E-state index >= 15 is 0 Å². The molecule has 1 N–H and O–H groups in total. The summed E-state index contributed by atoms with van der Waals surface area (Å²) in [6.45, 7) is 7.48. The number of amides is 1. The molecule has 1 aromatic carbocycles. The summed E-state index contributed by atoms with van der Waals surface area (Å²) in [5, 5.41) is 2.81. The van der Waals surface area contributed by atoms with E-state index in [0.29, 0.717) is 11.3 Å². The number of carbonyl (C=O) groups is 2. The van der Waals surface area contributed by atoms with Crippen LogP contribution in [-0.2, 0) is 14.3 Å². The van der Waals surface area contributed by atoms with Crippen molar-refractivity contribution in [1.82, 2.24) is 5.32 Å². The summed E-state index contributed by atoms with van der Waals surface area (Å²) in [6.07, 6.45) is 0.292. The monoisotopic (exact) mass is 315 g/mol. The van der Waals surface area contributed by atoms with Crippen LogP contribution < -0.4 is 10.1 Å². The van der Waals surface area contributed by atoms with Gasteiger partial charge in [-0.15, -0.1) is 0 Å². The predicted molar refractivity (Wildman–Crippen MR) is 84.9 cm³/mol. The molecule has 1 aromatic rings. The van der Waals surface area contributed by atoms with Gasteiger partial charge in [0.05, 0.1) is 17.4 Å². The maximum atomic E-state index is 12.3. The normalized spacial score (nSPS) is 22.7. The van der Waals surface area contributed by atoms with E-state index in [1.807, 2.05) is 38.1 Å². The van der Waals surface area contributed by atoms with Gasteiger partial charge in [0.1, 0.15) is 11.4 Å². The van der Waals surface area contributed by atoms with Gasteiger partial charge < -0.3 is 14.8 Å². The fraction of sp³-hybridized carbons (Fsp3) is 0.444. The highest BCUT2D eigenvalue weighted by Crippen LogP contribution is 2.43. The minimum absolute atomic E-state index is 0.0602. The molecule has 0 aromatic heterocycles. The van der Waals surface area contributed by atoms with Crippen LogP contribution in [0.1, 0.15) is 45.6 Å². The summed E-state index contributed by atoms with van der Waals surface area (Å²) in [4.78, 5) is 24.4. The third-order valence-corrected chi connectivity index (χ3v) is 4.07. The molecular formula is C18H21NO4. The molecule has 5 nitrogen and oxygen atoms in total. The Kier molecular flexibility index (Phi) is 3.66. The number of benzene rings is 1. The van der Waals surface area contributed by atoms with Crippen LogP contribution in [0.15, 0.2) is 35.5 Å². The zero-order valence-electron chi connectivity index (χ0n) is 13.8. The second-order valence-corrected chi connectivity index (χ2v) is 6.73. The fourth-order valence-corrected chi connectivity index (χ4v) is 3.14. The SMILES string of the molecule is CC(C)Oc1cccc(C2CC(=O)NC3=C2C(=O)OC3(C)C)c1. The first-order valence-corrected chi connectivity index (χ1v) is 7.82. The Morgan fingerprint density at radius 3 is 2.74 bits per heavy atom. The van der Waals surface area contributed by atoms with Crippen molar-refractivity contribution in [3.63, 3.8) is 0 Å². The molecule has 3 rings (SSSR count). The van der Waals surface area contributed by atoms with Crippen molar-refractivity contribution >= 4 is 11.9 Å². The Morgan fingerprint density at radius 2 is 2.04 bits per heavy atom. The van der Waals surface area contributed by atoms with Crippen molar-refractivity contribution in [2.75, 3.05) is 0 Å². The van der Waals surface area contributed by atoms with Gasteiger partial charge in [0, 0.05) is 12.3 Å². The van der Waals surface area contributed by atoms with Gasteiger partial charge in [-0.2, -0.15) is 0 Å². The summed E-state index contributed by atoms with van der Waals surface area (Å²) in [5.41, 5.74) is 1.22. The van der Waals surface area contributed by atoms with Crippen LogP contribution in [-0.4, -0.2) is 23.6 Å². The molecular weight excluding hydrogens is 294 g/mol. The molecule has 0 spiro atoms. The molecule has 0 saturated carbocycles. The van der Waals surface area contributed by atoms with Gasteiger partial charge in [-0.25, -0.2) is 4.79 Å². The van der Waals surface area contributed by atoms with E-state index in [2.05, 4.69) is 5.32 Å². The lowest BCUT2D eigenvalue weighted by molar-refractivity contribution is -0.144. The van der Waals surface area contributed by atoms with Gasteiger partial charge in [-0.05, 0) is 45.4 Å². The molecule has 1 unspecified atom stereocenters. The number of ether oxygens (including phenoxy) is 2. The van der Waals surface area contributed by atoms with Crippen LogP contribution in [0.4, 0.5) is 0 Å². The first-order chi connectivity index (χ1) is 10.8. The van der Waals surface area contributed by atoms with Crippen molar-refractivity contribution in [2.45, 2.75) is 51.7 Å². The average Bonchev–Trinajstić information content (AvgIpc) is 2.67.